The fraction of sp³-hybridized carbons (Fsp3) is 0.0833. The quantitative estimate of drug-likeness (QED) is 0.131. The monoisotopic (exact) mass is 679 g/mol. The smallest absolute Gasteiger partial charge is 0.507 e. The molecule has 0 fully saturated rings. The molecule has 5 aromatic rings. The number of rotatable bonds is 5. The van der Waals surface area contributed by atoms with E-state index in [-0.39, 0.29) is 91.8 Å². The largest absolute Gasteiger partial charge is 3.00 e. The van der Waals surface area contributed by atoms with Crippen LogP contribution in [-0.4, -0.2) is 53.9 Å². The molecular weight excluding hydrogens is 655 g/mol. The van der Waals surface area contributed by atoms with Crippen LogP contribution in [0.1, 0.15) is 22.3 Å². The average Bonchev–Trinajstić information content (AvgIpc) is 3.27. The SMILES string of the molecule is Cc1cc(=O)oc2c(/C=N/Nc3nncn3/N=C/c3c(O)ccc4c(C)cc(=O)oc34)c(O)ccc12.O.O.O.[La+3]. The molecule has 0 saturated heterocycles. The maximum atomic E-state index is 11.8. The molecule has 5 rings (SSSR count). The van der Waals surface area contributed by atoms with Gasteiger partial charge in [0, 0.05) is 22.9 Å². The minimum Gasteiger partial charge on any atom is -0.507 e. The minimum absolute atomic E-state index is 0. The zero-order valence-electron chi connectivity index (χ0n) is 21.0. The van der Waals surface area contributed by atoms with Crippen LogP contribution < -0.4 is 16.7 Å². The zero-order chi connectivity index (χ0) is 25.4. The second-order valence-corrected chi connectivity index (χ2v) is 7.86. The van der Waals surface area contributed by atoms with Gasteiger partial charge in [-0.05, 0) is 49.2 Å². The van der Waals surface area contributed by atoms with E-state index in [9.17, 15) is 19.8 Å². The third kappa shape index (κ3) is 6.51. The number of phenolic OH excluding ortho intramolecular Hbond substituents is 2. The van der Waals surface area contributed by atoms with E-state index >= 15 is 0 Å². The molecule has 0 aliphatic rings. The van der Waals surface area contributed by atoms with Crippen molar-refractivity contribution in [2.24, 2.45) is 10.2 Å². The van der Waals surface area contributed by atoms with Gasteiger partial charge in [0.25, 0.3) is 5.95 Å². The summed E-state index contributed by atoms with van der Waals surface area (Å²) in [5, 5.41) is 37.8. The van der Waals surface area contributed by atoms with E-state index in [1.165, 1.54) is 47.7 Å². The summed E-state index contributed by atoms with van der Waals surface area (Å²) in [5.41, 5.74) is 3.70. The first-order valence-electron chi connectivity index (χ1n) is 10.6. The summed E-state index contributed by atoms with van der Waals surface area (Å²) in [5.74, 6) is -0.175. The van der Waals surface area contributed by atoms with Crippen molar-refractivity contribution >= 4 is 40.3 Å². The molecule has 9 N–H and O–H groups in total. The van der Waals surface area contributed by atoms with Crippen LogP contribution in [0.3, 0.4) is 0 Å². The molecule has 3 aromatic heterocycles. The molecule has 0 atom stereocenters. The van der Waals surface area contributed by atoms with Crippen molar-refractivity contribution in [3.05, 3.63) is 85.8 Å². The molecule has 204 valence electrons. The van der Waals surface area contributed by atoms with Gasteiger partial charge in [-0.25, -0.2) is 15.0 Å². The molecule has 0 bridgehead atoms. The van der Waals surface area contributed by atoms with Crippen LogP contribution in [0.2, 0.25) is 0 Å². The number of nitrogens with zero attached hydrogens (tertiary/aromatic N) is 5. The molecular formula is C24H24LaN6O9+3. The summed E-state index contributed by atoms with van der Waals surface area (Å²) in [6.07, 6.45) is 3.86. The zero-order valence-corrected chi connectivity index (χ0v) is 24.7. The van der Waals surface area contributed by atoms with Crippen molar-refractivity contribution in [2.75, 3.05) is 5.43 Å². The predicted octanol–water partition coefficient (Wildman–Crippen LogP) is 0.373. The summed E-state index contributed by atoms with van der Waals surface area (Å²) in [4.78, 5) is 23.7. The van der Waals surface area contributed by atoms with Crippen LogP contribution in [0, 0.1) is 49.4 Å². The van der Waals surface area contributed by atoms with Crippen molar-refractivity contribution < 1.29 is 71.1 Å². The summed E-state index contributed by atoms with van der Waals surface area (Å²) in [7, 11) is 0. The number of nitrogens with one attached hydrogen (secondary N) is 1. The van der Waals surface area contributed by atoms with E-state index in [4.69, 9.17) is 8.83 Å². The summed E-state index contributed by atoms with van der Waals surface area (Å²) < 4.78 is 11.8. The van der Waals surface area contributed by atoms with Gasteiger partial charge in [0.05, 0.1) is 23.6 Å². The number of phenols is 2. The Morgan fingerprint density at radius 1 is 0.850 bits per heavy atom. The van der Waals surface area contributed by atoms with Crippen molar-refractivity contribution in [1.82, 2.24) is 14.9 Å². The van der Waals surface area contributed by atoms with Gasteiger partial charge in [0.15, 0.2) is 11.2 Å². The second-order valence-electron chi connectivity index (χ2n) is 7.86. The van der Waals surface area contributed by atoms with Gasteiger partial charge in [-0.3, -0.25) is 0 Å². The van der Waals surface area contributed by atoms with Crippen LogP contribution in [-0.2, 0) is 0 Å². The molecule has 0 spiro atoms. The first-order valence-corrected chi connectivity index (χ1v) is 10.6. The van der Waals surface area contributed by atoms with E-state index in [0.29, 0.717) is 21.9 Å². The molecule has 16 heteroatoms. The van der Waals surface area contributed by atoms with Gasteiger partial charge in [-0.15, -0.1) is 10.2 Å². The number of anilines is 1. The first kappa shape index (κ1) is 33.8. The van der Waals surface area contributed by atoms with Crippen molar-refractivity contribution in [2.45, 2.75) is 13.8 Å². The van der Waals surface area contributed by atoms with Gasteiger partial charge in [-0.1, -0.05) is 0 Å². The standard InChI is InChI=1S/C24H18N6O6.La.3H2O/c1-12-7-20(33)35-22-14(12)3-5-18(31)16(22)9-25-28-24-29-26-11-30(24)27-10-17-19(32)6-4-15-13(2)8-21(34)36-23(15)17;;;;/h3-11,31-32H,1-2H3,(H,28,29);;3*1H2/q;+3;;;/b25-9+,27-10+;;;;. The number of benzene rings is 2. The summed E-state index contributed by atoms with van der Waals surface area (Å²) in [6, 6.07) is 8.96. The van der Waals surface area contributed by atoms with Crippen LogP contribution >= 0.6 is 0 Å². The Morgan fingerprint density at radius 2 is 1.35 bits per heavy atom. The van der Waals surface area contributed by atoms with E-state index in [1.807, 2.05) is 0 Å². The molecule has 0 saturated carbocycles. The third-order valence-electron chi connectivity index (χ3n) is 5.47. The number of hydrazone groups is 1. The topological polar surface area (TPSA) is 263 Å². The molecule has 15 nitrogen and oxygen atoms in total. The molecule has 40 heavy (non-hydrogen) atoms. The fourth-order valence-electron chi connectivity index (χ4n) is 3.70. The van der Waals surface area contributed by atoms with Gasteiger partial charge in [0.1, 0.15) is 17.8 Å². The van der Waals surface area contributed by atoms with Crippen LogP contribution in [0.5, 0.6) is 11.5 Å². The van der Waals surface area contributed by atoms with E-state index < -0.39 is 11.3 Å². The van der Waals surface area contributed by atoms with Crippen molar-refractivity contribution in [3.63, 3.8) is 0 Å². The second kappa shape index (κ2) is 13.7. The van der Waals surface area contributed by atoms with E-state index in [0.717, 1.165) is 0 Å². The van der Waals surface area contributed by atoms with Crippen molar-refractivity contribution in [3.8, 4) is 11.5 Å². The number of fused-ring (bicyclic) bond motifs is 2. The molecule has 2 aromatic carbocycles. The molecule has 3 heterocycles. The number of hydrogen-bond donors (Lipinski definition) is 3. The van der Waals surface area contributed by atoms with Gasteiger partial charge in [-0.2, -0.15) is 14.9 Å². The van der Waals surface area contributed by atoms with Crippen LogP contribution in [0.25, 0.3) is 21.9 Å². The normalized spacial score (nSPS) is 10.7. The molecule has 0 amide bonds. The fourth-order valence-corrected chi connectivity index (χ4v) is 3.70. The van der Waals surface area contributed by atoms with E-state index in [2.05, 4.69) is 25.8 Å². The predicted molar refractivity (Wildman–Crippen MR) is 143 cm³/mol. The minimum atomic E-state index is -0.552. The molecule has 0 aliphatic heterocycles. The summed E-state index contributed by atoms with van der Waals surface area (Å²) in [6.45, 7) is 3.52. The Morgan fingerprint density at radius 3 is 1.88 bits per heavy atom. The van der Waals surface area contributed by atoms with E-state index in [1.54, 1.807) is 26.0 Å². The number of aromatic hydroxyl groups is 2. The number of aryl methyl sites for hydroxylation is 2. The van der Waals surface area contributed by atoms with Crippen LogP contribution in [0.4, 0.5) is 5.95 Å². The maximum Gasteiger partial charge on any atom is 3.00 e. The van der Waals surface area contributed by atoms with Gasteiger partial charge in [0.2, 0.25) is 0 Å². The summed E-state index contributed by atoms with van der Waals surface area (Å²) >= 11 is 0. The Hall–Kier alpha value is -4.19. The number of aromatic nitrogens is 3. The molecule has 0 radical (unpaired) electrons. The Labute approximate surface area is 252 Å². The van der Waals surface area contributed by atoms with Gasteiger partial charge < -0.3 is 35.5 Å². The Balaban J connectivity index is 0.00000200. The molecule has 0 unspecified atom stereocenters. The third-order valence-corrected chi connectivity index (χ3v) is 5.47. The van der Waals surface area contributed by atoms with Gasteiger partial charge >= 0.3 is 46.9 Å². The average molecular weight is 679 g/mol. The Bertz CT molecular complexity index is 1830. The maximum absolute atomic E-state index is 11.8. The molecule has 0 aliphatic carbocycles. The van der Waals surface area contributed by atoms with Crippen LogP contribution in [0.15, 0.2) is 71.4 Å². The van der Waals surface area contributed by atoms with Crippen molar-refractivity contribution in [1.29, 1.82) is 0 Å². The first-order chi connectivity index (χ1) is 17.3. The Kier molecular flexibility index (Phi) is 11.6. The number of hydrogen-bond acceptors (Lipinski definition) is 11.